The molecule has 4 aliphatic rings. The number of rotatable bonds is 3. The minimum Gasteiger partial charge on any atom is -0.369 e. The highest BCUT2D eigenvalue weighted by atomic mass is 16.5. The zero-order chi connectivity index (χ0) is 21.6. The Balaban J connectivity index is 1.35. The van der Waals surface area contributed by atoms with Crippen molar-refractivity contribution in [2.24, 2.45) is 0 Å². The highest BCUT2D eigenvalue weighted by molar-refractivity contribution is 6.05. The van der Waals surface area contributed by atoms with Crippen LogP contribution >= 0.6 is 0 Å². The second kappa shape index (κ2) is 8.00. The first-order chi connectivity index (χ1) is 14.9. The predicted octanol–water partition coefficient (Wildman–Crippen LogP) is 0.791. The number of nitrogens with zero attached hydrogens (tertiary/aromatic N) is 2. The molecule has 4 aliphatic heterocycles. The van der Waals surface area contributed by atoms with Crippen molar-refractivity contribution in [3.8, 4) is 0 Å². The van der Waals surface area contributed by atoms with E-state index in [4.69, 9.17) is 4.74 Å². The highest BCUT2D eigenvalue weighted by Crippen LogP contribution is 2.33. The molecule has 0 aliphatic carbocycles. The van der Waals surface area contributed by atoms with Crippen molar-refractivity contribution in [2.45, 2.75) is 63.4 Å². The zero-order valence-electron chi connectivity index (χ0n) is 18.0. The summed E-state index contributed by atoms with van der Waals surface area (Å²) in [5, 5.41) is 5.79. The lowest BCUT2D eigenvalue weighted by Gasteiger charge is -2.48. The maximum atomic E-state index is 13.4. The van der Waals surface area contributed by atoms with Crippen molar-refractivity contribution in [3.63, 3.8) is 0 Å². The Bertz CT molecular complexity index is 911. The van der Waals surface area contributed by atoms with Crippen molar-refractivity contribution in [3.05, 3.63) is 34.9 Å². The summed E-state index contributed by atoms with van der Waals surface area (Å²) in [6.07, 6.45) is 2.81. The SMILES string of the molecule is CC1CN(Cc2cccc3c2C(=O)N(C2CCC(=O)NC2=O)C3)CC2(CCNCC2)O1. The summed E-state index contributed by atoms with van der Waals surface area (Å²) in [5.41, 5.74) is 2.59. The van der Waals surface area contributed by atoms with Crippen LogP contribution in [0, 0.1) is 0 Å². The number of piperidine rings is 2. The zero-order valence-corrected chi connectivity index (χ0v) is 18.0. The van der Waals surface area contributed by atoms with E-state index in [0.29, 0.717) is 19.5 Å². The average molecular weight is 427 g/mol. The van der Waals surface area contributed by atoms with Gasteiger partial charge in [-0.3, -0.25) is 24.6 Å². The molecule has 0 aromatic heterocycles. The Morgan fingerprint density at radius 2 is 2.00 bits per heavy atom. The lowest BCUT2D eigenvalue weighted by atomic mass is 9.89. The first-order valence-corrected chi connectivity index (χ1v) is 11.3. The first-order valence-electron chi connectivity index (χ1n) is 11.3. The Morgan fingerprint density at radius 1 is 1.19 bits per heavy atom. The van der Waals surface area contributed by atoms with Gasteiger partial charge in [-0.25, -0.2) is 0 Å². The second-order valence-corrected chi connectivity index (χ2v) is 9.38. The summed E-state index contributed by atoms with van der Waals surface area (Å²) in [7, 11) is 0. The Hall–Kier alpha value is -2.29. The van der Waals surface area contributed by atoms with E-state index in [1.165, 1.54) is 0 Å². The van der Waals surface area contributed by atoms with Crippen LogP contribution in [0.4, 0.5) is 0 Å². The largest absolute Gasteiger partial charge is 0.369 e. The molecule has 8 heteroatoms. The minimum absolute atomic E-state index is 0.0991. The third-order valence-electron chi connectivity index (χ3n) is 7.03. The van der Waals surface area contributed by atoms with E-state index >= 15 is 0 Å². The van der Waals surface area contributed by atoms with Crippen LogP contribution in [0.3, 0.4) is 0 Å². The smallest absolute Gasteiger partial charge is 0.255 e. The standard InChI is InChI=1S/C23H30N4O4/c1-15-11-26(14-23(31-15)7-9-24-10-8-23)12-16-3-2-4-17-13-27(22(30)20(16)17)18-5-6-19(28)25-21(18)29/h2-4,15,18,24H,5-14H2,1H3,(H,25,28,29). The van der Waals surface area contributed by atoms with Gasteiger partial charge in [0.25, 0.3) is 5.91 Å². The summed E-state index contributed by atoms with van der Waals surface area (Å²) in [6.45, 7) is 6.89. The molecule has 3 amide bonds. The van der Waals surface area contributed by atoms with Gasteiger partial charge in [0, 0.05) is 38.2 Å². The van der Waals surface area contributed by atoms with Crippen molar-refractivity contribution in [2.75, 3.05) is 26.2 Å². The molecule has 1 aromatic rings. The van der Waals surface area contributed by atoms with Crippen LogP contribution in [0.5, 0.6) is 0 Å². The summed E-state index contributed by atoms with van der Waals surface area (Å²) in [4.78, 5) is 41.3. The van der Waals surface area contributed by atoms with Gasteiger partial charge in [0.05, 0.1) is 11.7 Å². The van der Waals surface area contributed by atoms with E-state index in [1.807, 2.05) is 18.2 Å². The monoisotopic (exact) mass is 426 g/mol. The molecule has 4 heterocycles. The van der Waals surface area contributed by atoms with Gasteiger partial charge in [-0.05, 0) is 50.4 Å². The van der Waals surface area contributed by atoms with Gasteiger partial charge >= 0.3 is 0 Å². The normalized spacial score (nSPS) is 28.7. The molecule has 8 nitrogen and oxygen atoms in total. The fourth-order valence-electron chi connectivity index (χ4n) is 5.68. The van der Waals surface area contributed by atoms with Crippen LogP contribution in [-0.4, -0.2) is 71.4 Å². The number of hydrogen-bond acceptors (Lipinski definition) is 6. The van der Waals surface area contributed by atoms with Crippen molar-refractivity contribution < 1.29 is 19.1 Å². The van der Waals surface area contributed by atoms with Gasteiger partial charge in [0.15, 0.2) is 0 Å². The number of amides is 3. The van der Waals surface area contributed by atoms with Crippen LogP contribution in [0.25, 0.3) is 0 Å². The number of hydrogen-bond donors (Lipinski definition) is 2. The quantitative estimate of drug-likeness (QED) is 0.695. The molecule has 0 radical (unpaired) electrons. The lowest BCUT2D eigenvalue weighted by Crippen LogP contribution is -2.58. The molecule has 2 atom stereocenters. The molecular weight excluding hydrogens is 396 g/mol. The van der Waals surface area contributed by atoms with Gasteiger partial charge in [0.1, 0.15) is 6.04 Å². The fourth-order valence-corrected chi connectivity index (χ4v) is 5.68. The van der Waals surface area contributed by atoms with Crippen LogP contribution < -0.4 is 10.6 Å². The summed E-state index contributed by atoms with van der Waals surface area (Å²) in [6, 6.07) is 5.42. The number of carbonyl (C=O) groups is 3. The number of nitrogens with one attached hydrogen (secondary N) is 2. The van der Waals surface area contributed by atoms with Crippen molar-refractivity contribution in [1.82, 2.24) is 20.4 Å². The molecule has 3 fully saturated rings. The Morgan fingerprint density at radius 3 is 2.77 bits per heavy atom. The molecule has 3 saturated heterocycles. The Labute approximate surface area is 182 Å². The van der Waals surface area contributed by atoms with Gasteiger partial charge in [-0.15, -0.1) is 0 Å². The first kappa shape index (κ1) is 20.6. The van der Waals surface area contributed by atoms with Crippen molar-refractivity contribution in [1.29, 1.82) is 0 Å². The summed E-state index contributed by atoms with van der Waals surface area (Å²) < 4.78 is 6.38. The molecule has 166 valence electrons. The van der Waals surface area contributed by atoms with Crippen LogP contribution in [0.1, 0.15) is 54.1 Å². The summed E-state index contributed by atoms with van der Waals surface area (Å²) in [5.74, 6) is -0.730. The molecule has 1 aromatic carbocycles. The maximum Gasteiger partial charge on any atom is 0.255 e. The van der Waals surface area contributed by atoms with Gasteiger partial charge in [-0.1, -0.05) is 18.2 Å². The number of carbonyl (C=O) groups excluding carboxylic acids is 3. The van der Waals surface area contributed by atoms with E-state index in [-0.39, 0.29) is 35.8 Å². The molecule has 2 N–H and O–H groups in total. The third-order valence-corrected chi connectivity index (χ3v) is 7.03. The number of benzene rings is 1. The van der Waals surface area contributed by atoms with E-state index in [0.717, 1.165) is 55.7 Å². The maximum absolute atomic E-state index is 13.4. The van der Waals surface area contributed by atoms with Crippen LogP contribution in [0.2, 0.25) is 0 Å². The van der Waals surface area contributed by atoms with Gasteiger partial charge < -0.3 is 15.0 Å². The molecule has 2 unspecified atom stereocenters. The topological polar surface area (TPSA) is 91.0 Å². The molecule has 31 heavy (non-hydrogen) atoms. The van der Waals surface area contributed by atoms with Crippen LogP contribution in [0.15, 0.2) is 18.2 Å². The van der Waals surface area contributed by atoms with E-state index in [1.54, 1.807) is 4.90 Å². The molecule has 5 rings (SSSR count). The highest BCUT2D eigenvalue weighted by Gasteiger charge is 2.42. The van der Waals surface area contributed by atoms with Crippen LogP contribution in [-0.2, 0) is 27.4 Å². The van der Waals surface area contributed by atoms with Gasteiger partial charge in [-0.2, -0.15) is 0 Å². The average Bonchev–Trinajstić information content (AvgIpc) is 3.05. The Kier molecular flexibility index (Phi) is 5.32. The minimum atomic E-state index is -0.577. The molecule has 0 saturated carbocycles. The number of ether oxygens (including phenoxy) is 1. The molecular formula is C23H30N4O4. The second-order valence-electron chi connectivity index (χ2n) is 9.38. The van der Waals surface area contributed by atoms with Gasteiger partial charge in [0.2, 0.25) is 11.8 Å². The third kappa shape index (κ3) is 3.88. The van der Waals surface area contributed by atoms with E-state index < -0.39 is 6.04 Å². The fraction of sp³-hybridized carbons (Fsp3) is 0.609. The summed E-state index contributed by atoms with van der Waals surface area (Å²) >= 11 is 0. The van der Waals surface area contributed by atoms with Crippen molar-refractivity contribution >= 4 is 17.7 Å². The number of morpholine rings is 1. The van der Waals surface area contributed by atoms with E-state index in [2.05, 4.69) is 22.5 Å². The molecule has 1 spiro atoms. The predicted molar refractivity (Wildman–Crippen MR) is 113 cm³/mol. The number of imide groups is 1. The van der Waals surface area contributed by atoms with E-state index in [9.17, 15) is 14.4 Å². The number of fused-ring (bicyclic) bond motifs is 1. The lowest BCUT2D eigenvalue weighted by molar-refractivity contribution is -0.162. The molecule has 0 bridgehead atoms.